The third-order valence-electron chi connectivity index (χ3n) is 3.62. The lowest BCUT2D eigenvalue weighted by Crippen LogP contribution is -2.00. The predicted octanol–water partition coefficient (Wildman–Crippen LogP) is 5.35. The molecule has 0 aliphatic carbocycles. The van der Waals surface area contributed by atoms with Gasteiger partial charge < -0.3 is 0 Å². The lowest BCUT2D eigenvalue weighted by Gasteiger charge is -2.17. The summed E-state index contributed by atoms with van der Waals surface area (Å²) >= 11 is 0. The SMILES string of the molecule is CCC(c1ccccc1)c1ccc(C(C)C)cc1. The minimum Gasteiger partial charge on any atom is -0.0645 e. The Balaban J connectivity index is 2.28. The van der Waals surface area contributed by atoms with Crippen molar-refractivity contribution < 1.29 is 0 Å². The third-order valence-corrected chi connectivity index (χ3v) is 3.62. The molecule has 2 rings (SSSR count). The fourth-order valence-corrected chi connectivity index (χ4v) is 2.46. The van der Waals surface area contributed by atoms with Crippen molar-refractivity contribution >= 4 is 0 Å². The molecule has 0 aromatic heterocycles. The van der Waals surface area contributed by atoms with Gasteiger partial charge in [0.2, 0.25) is 0 Å². The molecule has 1 atom stereocenters. The summed E-state index contributed by atoms with van der Waals surface area (Å²) in [5, 5.41) is 0. The smallest absolute Gasteiger partial charge is 0.00867 e. The average Bonchev–Trinajstić information content (AvgIpc) is 2.41. The number of rotatable bonds is 4. The van der Waals surface area contributed by atoms with E-state index in [1.54, 1.807) is 0 Å². The molecule has 0 nitrogen and oxygen atoms in total. The van der Waals surface area contributed by atoms with Crippen molar-refractivity contribution in [2.24, 2.45) is 0 Å². The highest BCUT2D eigenvalue weighted by Gasteiger charge is 2.11. The topological polar surface area (TPSA) is 0 Å². The van der Waals surface area contributed by atoms with Gasteiger partial charge in [-0.15, -0.1) is 0 Å². The van der Waals surface area contributed by atoms with Crippen molar-refractivity contribution in [2.45, 2.75) is 39.0 Å². The Hall–Kier alpha value is -1.56. The van der Waals surface area contributed by atoms with Gasteiger partial charge in [0.1, 0.15) is 0 Å². The van der Waals surface area contributed by atoms with Crippen LogP contribution in [0.5, 0.6) is 0 Å². The molecule has 0 aliphatic rings. The molecular formula is C18H22. The Morgan fingerprint density at radius 2 is 1.22 bits per heavy atom. The molecule has 0 aliphatic heterocycles. The van der Waals surface area contributed by atoms with Gasteiger partial charge in [-0.3, -0.25) is 0 Å². The quantitative estimate of drug-likeness (QED) is 0.673. The molecule has 0 radical (unpaired) electrons. The summed E-state index contributed by atoms with van der Waals surface area (Å²) in [5.74, 6) is 1.13. The van der Waals surface area contributed by atoms with Crippen molar-refractivity contribution in [3.63, 3.8) is 0 Å². The predicted molar refractivity (Wildman–Crippen MR) is 79.1 cm³/mol. The van der Waals surface area contributed by atoms with E-state index in [1.807, 2.05) is 0 Å². The van der Waals surface area contributed by atoms with Crippen LogP contribution >= 0.6 is 0 Å². The van der Waals surface area contributed by atoms with Crippen LogP contribution < -0.4 is 0 Å². The standard InChI is InChI=1S/C18H22/c1-4-18(16-8-6-5-7-9-16)17-12-10-15(11-13-17)14(2)3/h5-14,18H,4H2,1-3H3. The Morgan fingerprint density at radius 3 is 1.72 bits per heavy atom. The fraction of sp³-hybridized carbons (Fsp3) is 0.333. The minimum atomic E-state index is 0.521. The molecule has 0 saturated heterocycles. The van der Waals surface area contributed by atoms with Crippen molar-refractivity contribution in [3.8, 4) is 0 Å². The maximum absolute atomic E-state index is 2.29. The van der Waals surface area contributed by atoms with Gasteiger partial charge in [-0.1, -0.05) is 75.4 Å². The van der Waals surface area contributed by atoms with Crippen molar-refractivity contribution in [2.75, 3.05) is 0 Å². The molecular weight excluding hydrogens is 216 g/mol. The normalized spacial score (nSPS) is 12.7. The van der Waals surface area contributed by atoms with Crippen molar-refractivity contribution in [1.82, 2.24) is 0 Å². The van der Waals surface area contributed by atoms with Crippen LogP contribution in [0.2, 0.25) is 0 Å². The number of hydrogen-bond donors (Lipinski definition) is 0. The van der Waals surface area contributed by atoms with Crippen LogP contribution in [0.25, 0.3) is 0 Å². The second-order valence-corrected chi connectivity index (χ2v) is 5.19. The van der Waals surface area contributed by atoms with Gasteiger partial charge >= 0.3 is 0 Å². The summed E-state index contributed by atoms with van der Waals surface area (Å²) < 4.78 is 0. The lowest BCUT2D eigenvalue weighted by molar-refractivity contribution is 0.774. The van der Waals surface area contributed by atoms with Crippen LogP contribution in [0.1, 0.15) is 55.7 Å². The first-order valence-electron chi connectivity index (χ1n) is 6.87. The molecule has 0 saturated carbocycles. The van der Waals surface area contributed by atoms with Gasteiger partial charge in [0, 0.05) is 5.92 Å². The van der Waals surface area contributed by atoms with Gasteiger partial charge in [-0.2, -0.15) is 0 Å². The van der Waals surface area contributed by atoms with Gasteiger partial charge in [-0.05, 0) is 29.0 Å². The zero-order chi connectivity index (χ0) is 13.0. The highest BCUT2D eigenvalue weighted by molar-refractivity contribution is 5.34. The molecule has 0 fully saturated rings. The monoisotopic (exact) mass is 238 g/mol. The maximum atomic E-state index is 2.29. The van der Waals surface area contributed by atoms with Gasteiger partial charge in [-0.25, -0.2) is 0 Å². The minimum absolute atomic E-state index is 0.521. The maximum Gasteiger partial charge on any atom is 0.00867 e. The summed E-state index contributed by atoms with van der Waals surface area (Å²) in [7, 11) is 0. The highest BCUT2D eigenvalue weighted by atomic mass is 14.2. The van der Waals surface area contributed by atoms with Gasteiger partial charge in [0.15, 0.2) is 0 Å². The molecule has 18 heavy (non-hydrogen) atoms. The third kappa shape index (κ3) is 2.81. The molecule has 0 N–H and O–H groups in total. The van der Waals surface area contributed by atoms with E-state index in [2.05, 4.69) is 75.4 Å². The Bertz CT molecular complexity index is 465. The van der Waals surface area contributed by atoms with Gasteiger partial charge in [0.05, 0.1) is 0 Å². The van der Waals surface area contributed by atoms with E-state index in [9.17, 15) is 0 Å². The molecule has 2 aromatic rings. The van der Waals surface area contributed by atoms with Crippen LogP contribution in [0.15, 0.2) is 54.6 Å². The molecule has 94 valence electrons. The first kappa shape index (κ1) is 12.9. The number of hydrogen-bond acceptors (Lipinski definition) is 0. The Morgan fingerprint density at radius 1 is 0.722 bits per heavy atom. The van der Waals surface area contributed by atoms with Gasteiger partial charge in [0.25, 0.3) is 0 Å². The molecule has 2 aromatic carbocycles. The van der Waals surface area contributed by atoms with E-state index >= 15 is 0 Å². The van der Waals surface area contributed by atoms with Crippen LogP contribution in [0.4, 0.5) is 0 Å². The first-order valence-corrected chi connectivity index (χ1v) is 6.87. The highest BCUT2D eigenvalue weighted by Crippen LogP contribution is 2.28. The summed E-state index contributed by atoms with van der Waals surface area (Å²) in [4.78, 5) is 0. The number of benzene rings is 2. The van der Waals surface area contributed by atoms with E-state index in [4.69, 9.17) is 0 Å². The van der Waals surface area contributed by atoms with E-state index in [0.717, 1.165) is 6.42 Å². The molecule has 1 unspecified atom stereocenters. The van der Waals surface area contributed by atoms with Crippen LogP contribution in [0.3, 0.4) is 0 Å². The lowest BCUT2D eigenvalue weighted by atomic mass is 9.88. The van der Waals surface area contributed by atoms with E-state index < -0.39 is 0 Å². The molecule has 0 heteroatoms. The average molecular weight is 238 g/mol. The van der Waals surface area contributed by atoms with Crippen LogP contribution in [-0.2, 0) is 0 Å². The fourth-order valence-electron chi connectivity index (χ4n) is 2.46. The summed E-state index contributed by atoms with van der Waals surface area (Å²) in [5.41, 5.74) is 4.26. The summed E-state index contributed by atoms with van der Waals surface area (Å²) in [6, 6.07) is 19.9. The zero-order valence-corrected chi connectivity index (χ0v) is 11.6. The van der Waals surface area contributed by atoms with E-state index in [-0.39, 0.29) is 0 Å². The molecule has 0 amide bonds. The Kier molecular flexibility index (Phi) is 4.19. The molecule has 0 spiro atoms. The molecule has 0 bridgehead atoms. The van der Waals surface area contributed by atoms with Crippen molar-refractivity contribution in [1.29, 1.82) is 0 Å². The second-order valence-electron chi connectivity index (χ2n) is 5.19. The summed E-state index contributed by atoms with van der Waals surface area (Å²) in [6.07, 6.45) is 1.14. The molecule has 0 heterocycles. The van der Waals surface area contributed by atoms with Crippen molar-refractivity contribution in [3.05, 3.63) is 71.3 Å². The van der Waals surface area contributed by atoms with Crippen LogP contribution in [-0.4, -0.2) is 0 Å². The summed E-state index contributed by atoms with van der Waals surface area (Å²) in [6.45, 7) is 6.74. The first-order chi connectivity index (χ1) is 8.72. The Labute approximate surface area is 111 Å². The second kappa shape index (κ2) is 5.86. The van der Waals surface area contributed by atoms with E-state index in [1.165, 1.54) is 16.7 Å². The van der Waals surface area contributed by atoms with Crippen LogP contribution in [0, 0.1) is 0 Å². The zero-order valence-electron chi connectivity index (χ0n) is 11.6. The largest absolute Gasteiger partial charge is 0.0645 e. The van der Waals surface area contributed by atoms with E-state index in [0.29, 0.717) is 11.8 Å².